The Morgan fingerprint density at radius 3 is 2.67 bits per heavy atom. The van der Waals surface area contributed by atoms with Crippen LogP contribution in [0.4, 0.5) is 4.39 Å². The number of benzene rings is 1. The van der Waals surface area contributed by atoms with Crippen LogP contribution < -0.4 is 5.73 Å². The molecular weight excluding hydrogens is 345 g/mol. The summed E-state index contributed by atoms with van der Waals surface area (Å²) in [6.07, 6.45) is 2.13. The van der Waals surface area contributed by atoms with Gasteiger partial charge in [0.2, 0.25) is 0 Å². The highest BCUT2D eigenvalue weighted by Crippen LogP contribution is 2.27. The Bertz CT molecular complexity index is 1110. The lowest BCUT2D eigenvalue weighted by Crippen LogP contribution is -2.04. The van der Waals surface area contributed by atoms with Crippen LogP contribution in [0.5, 0.6) is 0 Å². The van der Waals surface area contributed by atoms with E-state index in [1.807, 2.05) is 24.3 Å². The van der Waals surface area contributed by atoms with Crippen LogP contribution in [0.15, 0.2) is 54.7 Å². The summed E-state index contributed by atoms with van der Waals surface area (Å²) >= 11 is 0. The predicted molar refractivity (Wildman–Crippen MR) is 101 cm³/mol. The number of hydrogen-bond donors (Lipinski definition) is 2. The first-order valence-electron chi connectivity index (χ1n) is 8.60. The van der Waals surface area contributed by atoms with Crippen LogP contribution in [-0.4, -0.2) is 31.4 Å². The topological polar surface area (TPSA) is 89.8 Å². The summed E-state index contributed by atoms with van der Waals surface area (Å²) in [4.78, 5) is 8.92. The molecule has 0 saturated heterocycles. The summed E-state index contributed by atoms with van der Waals surface area (Å²) in [7, 11) is 0. The number of nitrogens with zero attached hydrogens (tertiary/aromatic N) is 4. The second kappa shape index (κ2) is 7.22. The maximum Gasteiger partial charge on any atom is 0.154 e. The summed E-state index contributed by atoms with van der Waals surface area (Å²) in [5, 5.41) is 14.0. The van der Waals surface area contributed by atoms with E-state index in [4.69, 9.17) is 5.73 Å². The third-order valence-corrected chi connectivity index (χ3v) is 4.31. The van der Waals surface area contributed by atoms with Crippen LogP contribution in [0.2, 0.25) is 0 Å². The summed E-state index contributed by atoms with van der Waals surface area (Å²) in [5.41, 5.74) is 8.89. The number of halogens is 1. The molecule has 136 valence electrons. The molecule has 0 bridgehead atoms. The van der Waals surface area contributed by atoms with Crippen molar-refractivity contribution in [3.63, 3.8) is 0 Å². The van der Waals surface area contributed by atoms with Crippen LogP contribution in [0.1, 0.15) is 11.4 Å². The molecule has 4 rings (SSSR count). The molecule has 7 heteroatoms. The zero-order valence-corrected chi connectivity index (χ0v) is 14.5. The molecule has 27 heavy (non-hydrogen) atoms. The number of nitrogens with two attached hydrogens (primary N) is 1. The number of aromatic nitrogens is 4. The van der Waals surface area contributed by atoms with E-state index in [-0.39, 0.29) is 12.4 Å². The zero-order valence-electron chi connectivity index (χ0n) is 14.5. The van der Waals surface area contributed by atoms with Crippen molar-refractivity contribution in [1.29, 1.82) is 0 Å². The standard InChI is InChI=1S/C20H18FN5O/c21-17-9-13(18-5-1-3-14(24-18)7-8-22)10-19-16(17)11-23-26(19)20-6-2-4-15(12-27)25-20/h1-6,9-11,27H,7-8,12,22H2. The maximum absolute atomic E-state index is 14.7. The maximum atomic E-state index is 14.7. The highest BCUT2D eigenvalue weighted by Gasteiger charge is 2.13. The Morgan fingerprint density at radius 1 is 1.04 bits per heavy atom. The molecule has 0 radical (unpaired) electrons. The van der Waals surface area contributed by atoms with E-state index in [1.165, 1.54) is 12.3 Å². The second-order valence-electron chi connectivity index (χ2n) is 6.15. The molecule has 0 fully saturated rings. The predicted octanol–water partition coefficient (Wildman–Crippen LogP) is 2.62. The van der Waals surface area contributed by atoms with E-state index in [1.54, 1.807) is 22.9 Å². The number of fused-ring (bicyclic) bond motifs is 1. The average molecular weight is 363 g/mol. The van der Waals surface area contributed by atoms with Crippen LogP contribution in [0.25, 0.3) is 28.0 Å². The molecule has 4 aromatic rings. The van der Waals surface area contributed by atoms with E-state index in [0.29, 0.717) is 46.6 Å². The van der Waals surface area contributed by atoms with Gasteiger partial charge in [0.15, 0.2) is 5.82 Å². The van der Waals surface area contributed by atoms with Gasteiger partial charge in [0, 0.05) is 17.7 Å². The van der Waals surface area contributed by atoms with Gasteiger partial charge in [0.05, 0.1) is 35.1 Å². The lowest BCUT2D eigenvalue weighted by Gasteiger charge is -2.08. The molecule has 0 atom stereocenters. The summed E-state index contributed by atoms with van der Waals surface area (Å²) in [6, 6.07) is 14.2. The fourth-order valence-electron chi connectivity index (χ4n) is 3.01. The monoisotopic (exact) mass is 363 g/mol. The van der Waals surface area contributed by atoms with Gasteiger partial charge in [-0.1, -0.05) is 12.1 Å². The minimum atomic E-state index is -0.377. The molecule has 3 heterocycles. The Kier molecular flexibility index (Phi) is 4.62. The van der Waals surface area contributed by atoms with Gasteiger partial charge in [-0.2, -0.15) is 5.10 Å². The Labute approximate surface area is 155 Å². The summed E-state index contributed by atoms with van der Waals surface area (Å²) < 4.78 is 16.3. The molecule has 6 nitrogen and oxygen atoms in total. The summed E-state index contributed by atoms with van der Waals surface area (Å²) in [6.45, 7) is 0.327. The number of aliphatic hydroxyl groups excluding tert-OH is 1. The second-order valence-corrected chi connectivity index (χ2v) is 6.15. The number of aliphatic hydroxyl groups is 1. The third-order valence-electron chi connectivity index (χ3n) is 4.31. The SMILES string of the molecule is NCCc1cccc(-c2cc(F)c3cnn(-c4cccc(CO)n4)c3c2)n1. The van der Waals surface area contributed by atoms with Crippen molar-refractivity contribution in [2.45, 2.75) is 13.0 Å². The Balaban J connectivity index is 1.86. The van der Waals surface area contributed by atoms with E-state index in [9.17, 15) is 9.50 Å². The van der Waals surface area contributed by atoms with Crippen molar-refractivity contribution in [3.05, 3.63) is 71.9 Å². The number of pyridine rings is 2. The molecule has 0 unspecified atom stereocenters. The molecule has 0 spiro atoms. The third kappa shape index (κ3) is 3.30. The van der Waals surface area contributed by atoms with Crippen molar-refractivity contribution in [2.75, 3.05) is 6.54 Å². The molecule has 3 N–H and O–H groups in total. The molecule has 3 aromatic heterocycles. The van der Waals surface area contributed by atoms with Gasteiger partial charge >= 0.3 is 0 Å². The first-order chi connectivity index (χ1) is 13.2. The van der Waals surface area contributed by atoms with Crippen molar-refractivity contribution >= 4 is 10.9 Å². The molecule has 0 saturated carbocycles. The molecular formula is C20H18FN5O. The van der Waals surface area contributed by atoms with E-state index in [2.05, 4.69) is 15.1 Å². The highest BCUT2D eigenvalue weighted by atomic mass is 19.1. The van der Waals surface area contributed by atoms with Gasteiger partial charge in [-0.25, -0.2) is 14.1 Å². The lowest BCUT2D eigenvalue weighted by molar-refractivity contribution is 0.276. The fraction of sp³-hybridized carbons (Fsp3) is 0.150. The van der Waals surface area contributed by atoms with Crippen LogP contribution in [-0.2, 0) is 13.0 Å². The molecule has 0 aliphatic heterocycles. The molecule has 0 amide bonds. The van der Waals surface area contributed by atoms with Crippen molar-refractivity contribution in [2.24, 2.45) is 5.73 Å². The van der Waals surface area contributed by atoms with E-state index < -0.39 is 0 Å². The first kappa shape index (κ1) is 17.3. The number of hydrogen-bond acceptors (Lipinski definition) is 5. The highest BCUT2D eigenvalue weighted by molar-refractivity contribution is 5.85. The smallest absolute Gasteiger partial charge is 0.154 e. The van der Waals surface area contributed by atoms with E-state index in [0.717, 1.165) is 5.69 Å². The fourth-order valence-corrected chi connectivity index (χ4v) is 3.01. The van der Waals surface area contributed by atoms with Gasteiger partial charge in [-0.3, -0.25) is 4.98 Å². The molecule has 1 aromatic carbocycles. The van der Waals surface area contributed by atoms with Gasteiger partial charge in [-0.15, -0.1) is 0 Å². The van der Waals surface area contributed by atoms with E-state index >= 15 is 0 Å². The largest absolute Gasteiger partial charge is 0.390 e. The lowest BCUT2D eigenvalue weighted by atomic mass is 10.1. The van der Waals surface area contributed by atoms with Crippen LogP contribution in [0, 0.1) is 5.82 Å². The van der Waals surface area contributed by atoms with Crippen molar-refractivity contribution in [1.82, 2.24) is 19.7 Å². The summed E-state index contributed by atoms with van der Waals surface area (Å²) in [5.74, 6) is 0.135. The number of rotatable bonds is 5. The normalized spacial score (nSPS) is 11.2. The Hall–Kier alpha value is -3.16. The molecule has 0 aliphatic rings. The zero-order chi connectivity index (χ0) is 18.8. The van der Waals surface area contributed by atoms with Gasteiger partial charge < -0.3 is 10.8 Å². The average Bonchev–Trinajstić information content (AvgIpc) is 3.13. The van der Waals surface area contributed by atoms with Gasteiger partial charge in [0.25, 0.3) is 0 Å². The van der Waals surface area contributed by atoms with Crippen molar-refractivity contribution < 1.29 is 9.50 Å². The van der Waals surface area contributed by atoms with Crippen LogP contribution in [0.3, 0.4) is 0 Å². The first-order valence-corrected chi connectivity index (χ1v) is 8.60. The Morgan fingerprint density at radius 2 is 1.85 bits per heavy atom. The quantitative estimate of drug-likeness (QED) is 0.569. The van der Waals surface area contributed by atoms with Crippen LogP contribution >= 0.6 is 0 Å². The van der Waals surface area contributed by atoms with Crippen molar-refractivity contribution in [3.8, 4) is 17.1 Å². The van der Waals surface area contributed by atoms with Gasteiger partial charge in [0.1, 0.15) is 5.82 Å². The van der Waals surface area contributed by atoms with Gasteiger partial charge in [-0.05, 0) is 42.9 Å². The molecule has 0 aliphatic carbocycles. The minimum Gasteiger partial charge on any atom is -0.390 e. The minimum absolute atomic E-state index is 0.176.